The number of benzene rings is 2. The number of hydrogen-bond donors (Lipinski definition) is 2. The van der Waals surface area contributed by atoms with Crippen LogP contribution in [-0.2, 0) is 16.1 Å². The Balaban J connectivity index is 1.34. The normalized spacial score (nSPS) is 20.5. The number of carbonyl (C=O) groups excluding carboxylic acids is 2. The molecule has 2 aliphatic rings. The summed E-state index contributed by atoms with van der Waals surface area (Å²) in [4.78, 5) is 36.7. The van der Waals surface area contributed by atoms with Crippen molar-refractivity contribution in [3.05, 3.63) is 77.9 Å². The zero-order valence-electron chi connectivity index (χ0n) is 27.1. The number of H-pyrrole nitrogens is 1. The number of likely N-dealkylation sites (tertiary alicyclic amines) is 1. The van der Waals surface area contributed by atoms with E-state index in [9.17, 15) is 9.59 Å². The molecule has 2 atom stereocenters. The molecule has 2 aromatic heterocycles. The lowest BCUT2D eigenvalue weighted by molar-refractivity contribution is -0.150. The van der Waals surface area contributed by atoms with Crippen LogP contribution in [0.25, 0.3) is 10.9 Å². The molecule has 45 heavy (non-hydrogen) atoms. The monoisotopic (exact) mass is 612 g/mol. The van der Waals surface area contributed by atoms with E-state index in [0.717, 1.165) is 11.2 Å². The van der Waals surface area contributed by atoms with Crippen LogP contribution < -0.4 is 14.8 Å². The predicted octanol–water partition coefficient (Wildman–Crippen LogP) is 6.35. The Hall–Kier alpha value is -4.24. The lowest BCUT2D eigenvalue weighted by Crippen LogP contribution is -2.62. The van der Waals surface area contributed by atoms with Gasteiger partial charge in [-0.25, -0.2) is 0 Å². The zero-order chi connectivity index (χ0) is 31.9. The summed E-state index contributed by atoms with van der Waals surface area (Å²) >= 11 is 0. The highest BCUT2D eigenvalue weighted by atomic mass is 16.5. The molecule has 9 heteroatoms. The molecule has 0 bridgehead atoms. The highest BCUT2D eigenvalue weighted by Gasteiger charge is 2.61. The third kappa shape index (κ3) is 5.58. The number of fused-ring (bicyclic) bond motifs is 1. The Labute approximate surface area is 264 Å². The molecule has 1 saturated carbocycles. The second-order valence-electron chi connectivity index (χ2n) is 13.2. The van der Waals surface area contributed by atoms with E-state index in [1.165, 1.54) is 10.9 Å². The number of piperidine rings is 1. The van der Waals surface area contributed by atoms with E-state index in [4.69, 9.17) is 13.9 Å². The summed E-state index contributed by atoms with van der Waals surface area (Å²) in [5, 5.41) is 4.35. The quantitative estimate of drug-likeness (QED) is 0.217. The van der Waals surface area contributed by atoms with Crippen LogP contribution in [0.5, 0.6) is 11.5 Å². The first-order valence-electron chi connectivity index (χ1n) is 15.7. The fourth-order valence-corrected chi connectivity index (χ4v) is 7.48. The van der Waals surface area contributed by atoms with Crippen molar-refractivity contribution in [2.45, 2.75) is 58.0 Å². The molecular formula is C36H44N4O5. The molecule has 0 spiro atoms. The van der Waals surface area contributed by atoms with Crippen molar-refractivity contribution < 1.29 is 23.5 Å². The number of aryl methyl sites for hydroxylation is 1. The third-order valence-corrected chi connectivity index (χ3v) is 10.3. The maximum Gasteiger partial charge on any atom is 0.250 e. The first-order valence-corrected chi connectivity index (χ1v) is 15.7. The number of aromatic nitrogens is 1. The Morgan fingerprint density at radius 3 is 2.51 bits per heavy atom. The minimum absolute atomic E-state index is 0.0362. The summed E-state index contributed by atoms with van der Waals surface area (Å²) in [6.07, 6.45) is 2.95. The smallest absolute Gasteiger partial charge is 0.250 e. The van der Waals surface area contributed by atoms with Gasteiger partial charge in [0.2, 0.25) is 5.91 Å². The molecule has 0 radical (unpaired) electrons. The molecule has 3 heterocycles. The Kier molecular flexibility index (Phi) is 8.16. The molecule has 238 valence electrons. The lowest BCUT2D eigenvalue weighted by Gasteiger charge is -2.46. The molecule has 2 fully saturated rings. The van der Waals surface area contributed by atoms with Crippen LogP contribution in [0.1, 0.15) is 56.0 Å². The van der Waals surface area contributed by atoms with E-state index < -0.39 is 5.54 Å². The van der Waals surface area contributed by atoms with Gasteiger partial charge in [0.15, 0.2) is 0 Å². The fourth-order valence-electron chi connectivity index (χ4n) is 7.48. The van der Waals surface area contributed by atoms with Gasteiger partial charge in [0.25, 0.3) is 5.91 Å². The minimum Gasteiger partial charge on any atom is -0.497 e. The van der Waals surface area contributed by atoms with E-state index in [0.29, 0.717) is 55.3 Å². The number of amides is 2. The van der Waals surface area contributed by atoms with Crippen molar-refractivity contribution in [1.29, 1.82) is 0 Å². The van der Waals surface area contributed by atoms with Crippen molar-refractivity contribution in [3.63, 3.8) is 0 Å². The number of para-hydroxylation sites is 1. The average molecular weight is 613 g/mol. The van der Waals surface area contributed by atoms with Gasteiger partial charge in [0.1, 0.15) is 22.8 Å². The first-order chi connectivity index (χ1) is 21.6. The van der Waals surface area contributed by atoms with Crippen LogP contribution in [0.4, 0.5) is 5.69 Å². The van der Waals surface area contributed by atoms with Crippen LogP contribution in [0.3, 0.4) is 0 Å². The highest BCUT2D eigenvalue weighted by molar-refractivity contribution is 6.01. The zero-order valence-corrected chi connectivity index (χ0v) is 27.1. The Bertz CT molecular complexity index is 1680. The second kappa shape index (κ2) is 11.9. The van der Waals surface area contributed by atoms with Crippen molar-refractivity contribution >= 4 is 28.4 Å². The van der Waals surface area contributed by atoms with E-state index in [1.54, 1.807) is 43.6 Å². The van der Waals surface area contributed by atoms with Gasteiger partial charge in [-0.2, -0.15) is 0 Å². The SMILES string of the molecule is COc1ccc(NC(=O)C2(N(Cc3ccco3)C(=O)C[C@H]3[C@@H](c4c(C)[nH]c5ccccc45)C3(C)C)CCN(C)CC2)c(OC)c1. The van der Waals surface area contributed by atoms with Gasteiger partial charge in [0.05, 0.1) is 32.7 Å². The van der Waals surface area contributed by atoms with Crippen LogP contribution in [0, 0.1) is 18.3 Å². The minimum atomic E-state index is -1.08. The molecule has 9 nitrogen and oxygen atoms in total. The number of furan rings is 1. The first kappa shape index (κ1) is 30.8. The largest absolute Gasteiger partial charge is 0.497 e. The van der Waals surface area contributed by atoms with Crippen molar-refractivity contribution in [2.75, 3.05) is 39.7 Å². The number of nitrogens with zero attached hydrogens (tertiary/aromatic N) is 2. The summed E-state index contributed by atoms with van der Waals surface area (Å²) in [6.45, 7) is 8.20. The van der Waals surface area contributed by atoms with Crippen molar-refractivity contribution in [1.82, 2.24) is 14.8 Å². The topological polar surface area (TPSA) is 100 Å². The molecule has 4 aromatic rings. The van der Waals surface area contributed by atoms with Crippen LogP contribution in [-0.4, -0.2) is 66.5 Å². The molecule has 1 saturated heterocycles. The Morgan fingerprint density at radius 2 is 1.82 bits per heavy atom. The second-order valence-corrected chi connectivity index (χ2v) is 13.2. The summed E-state index contributed by atoms with van der Waals surface area (Å²) in [5.41, 5.74) is 2.95. The summed E-state index contributed by atoms with van der Waals surface area (Å²) in [5.74, 6) is 1.87. The van der Waals surface area contributed by atoms with E-state index >= 15 is 0 Å². The number of ether oxygens (including phenoxy) is 2. The standard InChI is InChI=1S/C36H44N4O5/c1-23-32(26-11-7-8-12-28(26)37-23)33-27(35(33,2)3)21-31(41)40(22-25-10-9-19-45-25)36(15-17-39(4)18-16-36)34(42)38-29-14-13-24(43-5)20-30(29)44-6/h7-14,19-20,27,33,37H,15-18,21-22H2,1-6H3,(H,38,42)/t27-,33-/m0/s1. The average Bonchev–Trinajstić information content (AvgIpc) is 3.40. The summed E-state index contributed by atoms with van der Waals surface area (Å²) in [6, 6.07) is 17.4. The van der Waals surface area contributed by atoms with E-state index in [2.05, 4.69) is 54.2 Å². The Morgan fingerprint density at radius 1 is 1.07 bits per heavy atom. The summed E-state index contributed by atoms with van der Waals surface area (Å²) in [7, 11) is 5.20. The third-order valence-electron chi connectivity index (χ3n) is 10.3. The molecule has 1 aliphatic heterocycles. The molecule has 2 aromatic carbocycles. The number of nitrogens with one attached hydrogen (secondary N) is 2. The van der Waals surface area contributed by atoms with Crippen molar-refractivity contribution in [3.8, 4) is 11.5 Å². The number of methoxy groups -OCH3 is 2. The van der Waals surface area contributed by atoms with E-state index in [-0.39, 0.29) is 35.6 Å². The van der Waals surface area contributed by atoms with Gasteiger partial charge >= 0.3 is 0 Å². The summed E-state index contributed by atoms with van der Waals surface area (Å²) < 4.78 is 16.7. The van der Waals surface area contributed by atoms with Gasteiger partial charge in [-0.15, -0.1) is 0 Å². The van der Waals surface area contributed by atoms with Gasteiger partial charge in [-0.05, 0) is 80.0 Å². The van der Waals surface area contributed by atoms with Crippen LogP contribution in [0.2, 0.25) is 0 Å². The van der Waals surface area contributed by atoms with Gasteiger partial charge in [-0.3, -0.25) is 9.59 Å². The number of rotatable bonds is 10. The lowest BCUT2D eigenvalue weighted by atomic mass is 9.83. The number of aromatic amines is 1. The number of carbonyl (C=O) groups is 2. The van der Waals surface area contributed by atoms with Gasteiger partial charge in [0, 0.05) is 42.2 Å². The number of anilines is 1. The fraction of sp³-hybridized carbons (Fsp3) is 0.444. The predicted molar refractivity (Wildman–Crippen MR) is 175 cm³/mol. The van der Waals surface area contributed by atoms with Crippen molar-refractivity contribution in [2.24, 2.45) is 11.3 Å². The molecule has 6 rings (SSSR count). The number of hydrogen-bond acceptors (Lipinski definition) is 6. The molecule has 1 aliphatic carbocycles. The maximum absolute atomic E-state index is 14.7. The molecule has 0 unspecified atom stereocenters. The van der Waals surface area contributed by atoms with E-state index in [1.807, 2.05) is 25.2 Å². The van der Waals surface area contributed by atoms with Crippen LogP contribution in [0.15, 0.2) is 65.3 Å². The maximum atomic E-state index is 14.7. The van der Waals surface area contributed by atoms with Gasteiger partial charge in [-0.1, -0.05) is 32.0 Å². The van der Waals surface area contributed by atoms with Crippen LogP contribution >= 0.6 is 0 Å². The highest BCUT2D eigenvalue weighted by Crippen LogP contribution is 2.67. The molecular weight excluding hydrogens is 568 g/mol. The molecule has 2 amide bonds. The van der Waals surface area contributed by atoms with Gasteiger partial charge < -0.3 is 34.0 Å². The molecule has 2 N–H and O–H groups in total.